The molecule has 0 bridgehead atoms. The van der Waals surface area contributed by atoms with Gasteiger partial charge in [0.25, 0.3) is 0 Å². The van der Waals surface area contributed by atoms with Crippen LogP contribution in [-0.2, 0) is 4.79 Å². The molecule has 0 spiro atoms. The molecular weight excluding hydrogens is 270 g/mol. The lowest BCUT2D eigenvalue weighted by Crippen LogP contribution is -2.51. The molecule has 1 N–H and O–H groups in total. The number of aliphatic hydroxyl groups is 1. The lowest BCUT2D eigenvalue weighted by molar-refractivity contribution is -0.139. The van der Waals surface area contributed by atoms with E-state index in [9.17, 15) is 14.7 Å². The van der Waals surface area contributed by atoms with Gasteiger partial charge < -0.3 is 19.8 Å². The molecular formula is C15H29N3O3. The highest BCUT2D eigenvalue weighted by Gasteiger charge is 2.32. The van der Waals surface area contributed by atoms with Crippen LogP contribution in [0, 0.1) is 5.92 Å². The first kappa shape index (κ1) is 17.8. The third kappa shape index (κ3) is 5.19. The molecule has 3 amide bonds. The van der Waals surface area contributed by atoms with Gasteiger partial charge in [0, 0.05) is 40.3 Å². The van der Waals surface area contributed by atoms with Crippen LogP contribution in [0.1, 0.15) is 33.6 Å². The van der Waals surface area contributed by atoms with Gasteiger partial charge in [0.1, 0.15) is 0 Å². The van der Waals surface area contributed by atoms with Crippen LogP contribution in [0.3, 0.4) is 0 Å². The minimum absolute atomic E-state index is 0.0379. The minimum atomic E-state index is -0.903. The average Bonchev–Trinajstić information content (AvgIpc) is 2.42. The van der Waals surface area contributed by atoms with Gasteiger partial charge >= 0.3 is 6.03 Å². The van der Waals surface area contributed by atoms with E-state index >= 15 is 0 Å². The van der Waals surface area contributed by atoms with E-state index in [0.29, 0.717) is 26.2 Å². The van der Waals surface area contributed by atoms with E-state index in [0.717, 1.165) is 12.8 Å². The van der Waals surface area contributed by atoms with E-state index in [1.54, 1.807) is 42.6 Å². The number of carbonyl (C=O) groups excluding carboxylic acids is 2. The third-order valence-corrected chi connectivity index (χ3v) is 3.69. The van der Waals surface area contributed by atoms with Crippen molar-refractivity contribution in [1.29, 1.82) is 0 Å². The Morgan fingerprint density at radius 1 is 1.33 bits per heavy atom. The maximum Gasteiger partial charge on any atom is 0.319 e. The average molecular weight is 299 g/mol. The summed E-state index contributed by atoms with van der Waals surface area (Å²) in [5, 5.41) is 9.91. The zero-order valence-electron chi connectivity index (χ0n) is 13.9. The lowest BCUT2D eigenvalue weighted by Gasteiger charge is -2.37. The number of hydrogen-bond donors (Lipinski definition) is 1. The SMILES string of the molecule is CCN(CC(C)(C)O)C(=O)C1CCCN(C(=O)N(C)C)C1. The predicted octanol–water partition coefficient (Wildman–Crippen LogP) is 0.999. The Morgan fingerprint density at radius 2 is 1.95 bits per heavy atom. The second-order valence-electron chi connectivity index (χ2n) is 6.63. The van der Waals surface area contributed by atoms with E-state index < -0.39 is 5.60 Å². The van der Waals surface area contributed by atoms with Crippen LogP contribution in [0.5, 0.6) is 0 Å². The minimum Gasteiger partial charge on any atom is -0.389 e. The molecule has 1 saturated heterocycles. The Labute approximate surface area is 127 Å². The zero-order chi connectivity index (χ0) is 16.2. The highest BCUT2D eigenvalue weighted by atomic mass is 16.3. The van der Waals surface area contributed by atoms with Gasteiger partial charge in [-0.25, -0.2) is 4.79 Å². The first-order valence-corrected chi connectivity index (χ1v) is 7.63. The Morgan fingerprint density at radius 3 is 2.43 bits per heavy atom. The fraction of sp³-hybridized carbons (Fsp3) is 0.867. The quantitative estimate of drug-likeness (QED) is 0.842. The molecule has 0 aromatic rings. The van der Waals surface area contributed by atoms with Gasteiger partial charge in [-0.3, -0.25) is 4.79 Å². The smallest absolute Gasteiger partial charge is 0.319 e. The highest BCUT2D eigenvalue weighted by molar-refractivity contribution is 5.81. The van der Waals surface area contributed by atoms with E-state index in [-0.39, 0.29) is 17.9 Å². The number of rotatable bonds is 4. The van der Waals surface area contributed by atoms with Crippen LogP contribution in [-0.4, -0.2) is 77.6 Å². The van der Waals surface area contributed by atoms with Crippen molar-refractivity contribution >= 4 is 11.9 Å². The van der Waals surface area contributed by atoms with Crippen molar-refractivity contribution in [3.8, 4) is 0 Å². The maximum atomic E-state index is 12.6. The number of likely N-dealkylation sites (tertiary alicyclic amines) is 1. The van der Waals surface area contributed by atoms with Crippen molar-refractivity contribution in [2.75, 3.05) is 40.3 Å². The Hall–Kier alpha value is -1.30. The summed E-state index contributed by atoms with van der Waals surface area (Å²) in [4.78, 5) is 29.6. The molecule has 1 rings (SSSR count). The number of likely N-dealkylation sites (N-methyl/N-ethyl adjacent to an activating group) is 1. The first-order valence-electron chi connectivity index (χ1n) is 7.63. The monoisotopic (exact) mass is 299 g/mol. The van der Waals surface area contributed by atoms with E-state index in [1.807, 2.05) is 6.92 Å². The molecule has 122 valence electrons. The van der Waals surface area contributed by atoms with Crippen molar-refractivity contribution in [1.82, 2.24) is 14.7 Å². The topological polar surface area (TPSA) is 64.1 Å². The summed E-state index contributed by atoms with van der Waals surface area (Å²) in [7, 11) is 3.45. The van der Waals surface area contributed by atoms with Crippen molar-refractivity contribution in [2.24, 2.45) is 5.92 Å². The van der Waals surface area contributed by atoms with Gasteiger partial charge in [-0.05, 0) is 33.6 Å². The highest BCUT2D eigenvalue weighted by Crippen LogP contribution is 2.20. The molecule has 21 heavy (non-hydrogen) atoms. The summed E-state index contributed by atoms with van der Waals surface area (Å²) in [5.41, 5.74) is -0.903. The number of carbonyl (C=O) groups is 2. The Kier molecular flexibility index (Phi) is 6.01. The number of urea groups is 1. The number of nitrogens with zero attached hydrogens (tertiary/aromatic N) is 3. The van der Waals surface area contributed by atoms with Crippen LogP contribution >= 0.6 is 0 Å². The molecule has 6 nitrogen and oxygen atoms in total. The summed E-state index contributed by atoms with van der Waals surface area (Å²) >= 11 is 0. The van der Waals surface area contributed by atoms with Crippen LogP contribution in [0.15, 0.2) is 0 Å². The molecule has 1 aliphatic heterocycles. The van der Waals surface area contributed by atoms with Gasteiger partial charge in [-0.1, -0.05) is 0 Å². The molecule has 1 heterocycles. The van der Waals surface area contributed by atoms with Crippen molar-refractivity contribution in [3.63, 3.8) is 0 Å². The third-order valence-electron chi connectivity index (χ3n) is 3.69. The molecule has 0 saturated carbocycles. The molecule has 0 aromatic heterocycles. The molecule has 1 fully saturated rings. The van der Waals surface area contributed by atoms with Gasteiger partial charge in [0.2, 0.25) is 5.91 Å². The number of piperidine rings is 1. The van der Waals surface area contributed by atoms with Crippen LogP contribution in [0.2, 0.25) is 0 Å². The van der Waals surface area contributed by atoms with E-state index in [4.69, 9.17) is 0 Å². The molecule has 0 aliphatic carbocycles. The molecule has 0 aromatic carbocycles. The summed E-state index contributed by atoms with van der Waals surface area (Å²) < 4.78 is 0. The van der Waals surface area contributed by atoms with Crippen LogP contribution in [0.25, 0.3) is 0 Å². The fourth-order valence-corrected chi connectivity index (χ4v) is 2.71. The fourth-order valence-electron chi connectivity index (χ4n) is 2.71. The molecule has 1 unspecified atom stereocenters. The molecule has 6 heteroatoms. The van der Waals surface area contributed by atoms with Crippen LogP contribution < -0.4 is 0 Å². The van der Waals surface area contributed by atoms with Crippen LogP contribution in [0.4, 0.5) is 4.79 Å². The van der Waals surface area contributed by atoms with Gasteiger partial charge in [0.15, 0.2) is 0 Å². The van der Waals surface area contributed by atoms with Gasteiger partial charge in [0.05, 0.1) is 11.5 Å². The molecule has 0 radical (unpaired) electrons. The predicted molar refractivity (Wildman–Crippen MR) is 81.9 cm³/mol. The van der Waals surface area contributed by atoms with Crippen molar-refractivity contribution in [3.05, 3.63) is 0 Å². The summed E-state index contributed by atoms with van der Waals surface area (Å²) in [6.45, 7) is 7.38. The molecule has 1 atom stereocenters. The second-order valence-corrected chi connectivity index (χ2v) is 6.63. The second kappa shape index (κ2) is 7.11. The Bertz CT molecular complexity index is 377. The summed E-state index contributed by atoms with van der Waals surface area (Å²) in [6, 6.07) is -0.0435. The molecule has 1 aliphatic rings. The van der Waals surface area contributed by atoms with E-state index in [1.165, 1.54) is 0 Å². The maximum absolute atomic E-state index is 12.6. The van der Waals surface area contributed by atoms with Crippen molar-refractivity contribution < 1.29 is 14.7 Å². The van der Waals surface area contributed by atoms with Gasteiger partial charge in [-0.15, -0.1) is 0 Å². The standard InChI is InChI=1S/C15H29N3O3/c1-6-17(11-15(2,3)21)13(19)12-8-7-9-18(10-12)14(20)16(4)5/h12,21H,6-11H2,1-5H3. The normalized spacial score (nSPS) is 19.3. The Balaban J connectivity index is 2.70. The number of amides is 3. The lowest BCUT2D eigenvalue weighted by atomic mass is 9.96. The largest absolute Gasteiger partial charge is 0.389 e. The van der Waals surface area contributed by atoms with Crippen molar-refractivity contribution in [2.45, 2.75) is 39.2 Å². The van der Waals surface area contributed by atoms with Gasteiger partial charge in [-0.2, -0.15) is 0 Å². The summed E-state index contributed by atoms with van der Waals surface area (Å²) in [5.74, 6) is -0.124. The first-order chi connectivity index (χ1) is 9.65. The zero-order valence-corrected chi connectivity index (χ0v) is 13.9. The number of hydrogen-bond acceptors (Lipinski definition) is 3. The van der Waals surface area contributed by atoms with E-state index in [2.05, 4.69) is 0 Å². The summed E-state index contributed by atoms with van der Waals surface area (Å²) in [6.07, 6.45) is 1.65.